The lowest BCUT2D eigenvalue weighted by molar-refractivity contribution is 0.0529. The SMILES string of the molecule is CCNC(=NCCNC(=O)OC(C)(C)C)NC(C)COC. The van der Waals surface area contributed by atoms with Crippen LogP contribution in [0.1, 0.15) is 34.6 Å². The fourth-order valence-corrected chi connectivity index (χ4v) is 1.48. The Morgan fingerprint density at radius 3 is 2.48 bits per heavy atom. The monoisotopic (exact) mass is 302 g/mol. The zero-order valence-corrected chi connectivity index (χ0v) is 14.1. The third kappa shape index (κ3) is 12.0. The highest BCUT2D eigenvalue weighted by molar-refractivity contribution is 5.80. The number of methoxy groups -OCH3 is 1. The fraction of sp³-hybridized carbons (Fsp3) is 0.857. The first-order valence-corrected chi connectivity index (χ1v) is 7.29. The first kappa shape index (κ1) is 19.5. The van der Waals surface area contributed by atoms with Crippen molar-refractivity contribution in [2.45, 2.75) is 46.3 Å². The molecule has 0 saturated heterocycles. The van der Waals surface area contributed by atoms with Gasteiger partial charge in [-0.05, 0) is 34.6 Å². The van der Waals surface area contributed by atoms with E-state index in [0.29, 0.717) is 25.7 Å². The van der Waals surface area contributed by atoms with Crippen LogP contribution in [-0.2, 0) is 9.47 Å². The minimum Gasteiger partial charge on any atom is -0.444 e. The maximum Gasteiger partial charge on any atom is 0.407 e. The molecular formula is C14H30N4O3. The molecule has 0 heterocycles. The molecule has 0 aliphatic rings. The molecule has 0 aliphatic heterocycles. The molecule has 1 amide bonds. The topological polar surface area (TPSA) is 84.0 Å². The largest absolute Gasteiger partial charge is 0.444 e. The van der Waals surface area contributed by atoms with Crippen LogP contribution in [0, 0.1) is 0 Å². The fourth-order valence-electron chi connectivity index (χ4n) is 1.48. The van der Waals surface area contributed by atoms with Crippen molar-refractivity contribution in [1.82, 2.24) is 16.0 Å². The molecule has 0 rings (SSSR count). The van der Waals surface area contributed by atoms with E-state index in [1.807, 2.05) is 34.6 Å². The molecule has 0 saturated carbocycles. The van der Waals surface area contributed by atoms with Crippen molar-refractivity contribution >= 4 is 12.1 Å². The van der Waals surface area contributed by atoms with Crippen molar-refractivity contribution in [2.24, 2.45) is 4.99 Å². The Bertz CT molecular complexity index is 327. The minimum atomic E-state index is -0.487. The second-order valence-electron chi connectivity index (χ2n) is 5.69. The van der Waals surface area contributed by atoms with Crippen LogP contribution in [0.2, 0.25) is 0 Å². The molecule has 0 aliphatic carbocycles. The average Bonchev–Trinajstić information content (AvgIpc) is 2.32. The van der Waals surface area contributed by atoms with Gasteiger partial charge in [-0.1, -0.05) is 0 Å². The number of hydrogen-bond acceptors (Lipinski definition) is 4. The lowest BCUT2D eigenvalue weighted by Gasteiger charge is -2.19. The molecule has 0 aromatic carbocycles. The van der Waals surface area contributed by atoms with Crippen molar-refractivity contribution in [1.29, 1.82) is 0 Å². The molecule has 7 nitrogen and oxygen atoms in total. The molecule has 1 unspecified atom stereocenters. The Labute approximate surface area is 127 Å². The second kappa shape index (κ2) is 10.3. The van der Waals surface area contributed by atoms with Crippen LogP contribution in [0.4, 0.5) is 4.79 Å². The average molecular weight is 302 g/mol. The normalized spacial score (nSPS) is 13.5. The van der Waals surface area contributed by atoms with Crippen molar-refractivity contribution in [3.63, 3.8) is 0 Å². The summed E-state index contributed by atoms with van der Waals surface area (Å²) in [7, 11) is 1.66. The van der Waals surface area contributed by atoms with Gasteiger partial charge in [0.1, 0.15) is 5.60 Å². The quantitative estimate of drug-likeness (QED) is 0.373. The van der Waals surface area contributed by atoms with E-state index in [2.05, 4.69) is 20.9 Å². The summed E-state index contributed by atoms with van der Waals surface area (Å²) < 4.78 is 10.2. The lowest BCUT2D eigenvalue weighted by Crippen LogP contribution is -2.44. The standard InChI is InChI=1S/C14H30N4O3/c1-7-15-12(18-11(2)10-20-6)16-8-9-17-13(19)21-14(3,4)5/h11H,7-10H2,1-6H3,(H,17,19)(H2,15,16,18). The van der Waals surface area contributed by atoms with Gasteiger partial charge in [0, 0.05) is 26.2 Å². The van der Waals surface area contributed by atoms with Gasteiger partial charge in [-0.3, -0.25) is 4.99 Å². The van der Waals surface area contributed by atoms with Crippen LogP contribution in [0.5, 0.6) is 0 Å². The van der Waals surface area contributed by atoms with Crippen LogP contribution in [0.25, 0.3) is 0 Å². The zero-order valence-electron chi connectivity index (χ0n) is 14.1. The Morgan fingerprint density at radius 2 is 1.95 bits per heavy atom. The van der Waals surface area contributed by atoms with Gasteiger partial charge in [-0.15, -0.1) is 0 Å². The Hall–Kier alpha value is -1.50. The Morgan fingerprint density at radius 1 is 1.29 bits per heavy atom. The summed E-state index contributed by atoms with van der Waals surface area (Å²) in [6.07, 6.45) is -0.427. The maximum absolute atomic E-state index is 11.5. The number of alkyl carbamates (subject to hydrolysis) is 1. The highest BCUT2D eigenvalue weighted by Gasteiger charge is 2.15. The molecule has 0 spiro atoms. The van der Waals surface area contributed by atoms with E-state index in [-0.39, 0.29) is 6.04 Å². The summed E-state index contributed by atoms with van der Waals surface area (Å²) >= 11 is 0. The van der Waals surface area contributed by atoms with E-state index in [4.69, 9.17) is 9.47 Å². The van der Waals surface area contributed by atoms with Gasteiger partial charge in [-0.25, -0.2) is 4.79 Å². The molecular weight excluding hydrogens is 272 g/mol. The van der Waals surface area contributed by atoms with E-state index in [0.717, 1.165) is 6.54 Å². The summed E-state index contributed by atoms with van der Waals surface area (Å²) in [6, 6.07) is 0.159. The van der Waals surface area contributed by atoms with E-state index in [9.17, 15) is 4.79 Å². The third-order valence-corrected chi connectivity index (χ3v) is 2.19. The van der Waals surface area contributed by atoms with Gasteiger partial charge in [0.2, 0.25) is 0 Å². The Balaban J connectivity index is 4.12. The number of amides is 1. The predicted octanol–water partition coefficient (Wildman–Crippen LogP) is 1.10. The van der Waals surface area contributed by atoms with Crippen LogP contribution in [0.15, 0.2) is 4.99 Å². The maximum atomic E-state index is 11.5. The van der Waals surface area contributed by atoms with Crippen LogP contribution in [-0.4, -0.2) is 57.0 Å². The molecule has 0 aromatic heterocycles. The van der Waals surface area contributed by atoms with Crippen LogP contribution in [0.3, 0.4) is 0 Å². The summed E-state index contributed by atoms with van der Waals surface area (Å²) in [4.78, 5) is 15.8. The van der Waals surface area contributed by atoms with Gasteiger partial charge in [-0.2, -0.15) is 0 Å². The van der Waals surface area contributed by atoms with Crippen molar-refractivity contribution < 1.29 is 14.3 Å². The molecule has 3 N–H and O–H groups in total. The highest BCUT2D eigenvalue weighted by Crippen LogP contribution is 2.05. The molecule has 0 radical (unpaired) electrons. The van der Waals surface area contributed by atoms with Crippen LogP contribution >= 0.6 is 0 Å². The molecule has 0 fully saturated rings. The van der Waals surface area contributed by atoms with Gasteiger partial charge in [0.05, 0.1) is 13.2 Å². The first-order valence-electron chi connectivity index (χ1n) is 7.29. The number of ether oxygens (including phenoxy) is 2. The van der Waals surface area contributed by atoms with Crippen molar-refractivity contribution in [3.8, 4) is 0 Å². The van der Waals surface area contributed by atoms with E-state index in [1.165, 1.54) is 0 Å². The molecule has 1 atom stereocenters. The minimum absolute atomic E-state index is 0.159. The highest BCUT2D eigenvalue weighted by atomic mass is 16.6. The van der Waals surface area contributed by atoms with Gasteiger partial charge >= 0.3 is 6.09 Å². The smallest absolute Gasteiger partial charge is 0.407 e. The number of aliphatic imine (C=N–C) groups is 1. The number of carbonyl (C=O) groups excluding carboxylic acids is 1. The van der Waals surface area contributed by atoms with Crippen molar-refractivity contribution in [3.05, 3.63) is 0 Å². The number of rotatable bonds is 7. The number of carbonyl (C=O) groups is 1. The molecule has 21 heavy (non-hydrogen) atoms. The number of hydrogen-bond donors (Lipinski definition) is 3. The summed E-state index contributed by atoms with van der Waals surface area (Å²) in [6.45, 7) is 11.7. The number of guanidine groups is 1. The van der Waals surface area contributed by atoms with Crippen molar-refractivity contribution in [2.75, 3.05) is 33.4 Å². The molecule has 0 aromatic rings. The second-order valence-corrected chi connectivity index (χ2v) is 5.69. The van der Waals surface area contributed by atoms with E-state index >= 15 is 0 Å². The predicted molar refractivity (Wildman–Crippen MR) is 84.7 cm³/mol. The lowest BCUT2D eigenvalue weighted by atomic mass is 10.2. The van der Waals surface area contributed by atoms with Gasteiger partial charge in [0.15, 0.2) is 5.96 Å². The zero-order chi connectivity index (χ0) is 16.3. The number of nitrogens with one attached hydrogen (secondary N) is 3. The summed E-state index contributed by atoms with van der Waals surface area (Å²) in [5.41, 5.74) is -0.487. The first-order chi connectivity index (χ1) is 9.78. The Kier molecular flexibility index (Phi) is 9.53. The third-order valence-electron chi connectivity index (χ3n) is 2.19. The summed E-state index contributed by atoms with van der Waals surface area (Å²) in [5.74, 6) is 0.702. The molecule has 7 heteroatoms. The molecule has 124 valence electrons. The van der Waals surface area contributed by atoms with Crippen LogP contribution < -0.4 is 16.0 Å². The van der Waals surface area contributed by atoms with Gasteiger partial charge in [0.25, 0.3) is 0 Å². The van der Waals surface area contributed by atoms with E-state index < -0.39 is 11.7 Å². The van der Waals surface area contributed by atoms with Gasteiger partial charge < -0.3 is 25.4 Å². The molecule has 0 bridgehead atoms. The summed E-state index contributed by atoms with van der Waals surface area (Å²) in [5, 5.41) is 9.02. The number of nitrogens with zero attached hydrogens (tertiary/aromatic N) is 1. The van der Waals surface area contributed by atoms with E-state index in [1.54, 1.807) is 7.11 Å².